The van der Waals surface area contributed by atoms with Gasteiger partial charge in [0.05, 0.1) is 32.8 Å². The second kappa shape index (κ2) is 27.0. The molecule has 2 rings (SSSR count). The number of hydrogen-bond acceptors (Lipinski definition) is 6. The second-order valence-electron chi connectivity index (χ2n) is 13.4. The summed E-state index contributed by atoms with van der Waals surface area (Å²) in [6.07, 6.45) is 23.1. The van der Waals surface area contributed by atoms with E-state index in [0.29, 0.717) is 6.42 Å². The van der Waals surface area contributed by atoms with Crippen LogP contribution in [0.1, 0.15) is 148 Å². The molecule has 1 aliphatic carbocycles. The van der Waals surface area contributed by atoms with Gasteiger partial charge in [0.25, 0.3) is 0 Å². The van der Waals surface area contributed by atoms with Gasteiger partial charge in [-0.2, -0.15) is 8.78 Å². The van der Waals surface area contributed by atoms with Gasteiger partial charge in [-0.05, 0) is 32.1 Å². The molecule has 8 nitrogen and oxygen atoms in total. The third-order valence-corrected chi connectivity index (χ3v) is 9.05. The molecule has 0 heterocycles. The maximum atomic E-state index is 13.6. The van der Waals surface area contributed by atoms with E-state index >= 15 is 0 Å². The van der Waals surface area contributed by atoms with Crippen molar-refractivity contribution in [1.29, 1.82) is 0 Å². The third kappa shape index (κ3) is 19.6. The maximum absolute atomic E-state index is 13.6. The SMILES string of the molecule is CCCCCCCCCCCCCCCCCC(=O)NC1CCC(NC(=O)CCOCCOCCC(=O)Oc2c(F)c(F)cc(F)c2F)CC1. The molecule has 2 amide bonds. The molecule has 0 saturated heterocycles. The Morgan fingerprint density at radius 2 is 0.980 bits per heavy atom. The molecule has 50 heavy (non-hydrogen) atoms. The van der Waals surface area contributed by atoms with Gasteiger partial charge in [-0.15, -0.1) is 0 Å². The highest BCUT2D eigenvalue weighted by atomic mass is 19.2. The fourth-order valence-electron chi connectivity index (χ4n) is 6.09. The molecule has 1 fully saturated rings. The van der Waals surface area contributed by atoms with Crippen LogP contribution in [0, 0.1) is 23.3 Å². The predicted octanol–water partition coefficient (Wildman–Crippen LogP) is 8.77. The lowest BCUT2D eigenvalue weighted by atomic mass is 9.91. The van der Waals surface area contributed by atoms with Crippen LogP contribution in [0.3, 0.4) is 0 Å². The van der Waals surface area contributed by atoms with Gasteiger partial charge < -0.3 is 24.8 Å². The standard InChI is InChI=1S/C38H60F4N2O6/c1-2-3-4-5-6-7-8-9-10-11-12-13-14-15-16-17-33(45)43-29-18-20-30(21-19-29)44-34(46)22-24-48-26-27-49-25-23-35(47)50-38-36(41)31(39)28-32(40)37(38)42/h28-30H,2-27H2,1H3,(H,43,45)(H,44,46). The van der Waals surface area contributed by atoms with Gasteiger partial charge in [-0.3, -0.25) is 14.4 Å². The molecule has 1 aromatic carbocycles. The molecule has 1 aliphatic rings. The summed E-state index contributed by atoms with van der Waals surface area (Å²) in [4.78, 5) is 36.4. The van der Waals surface area contributed by atoms with E-state index in [1.807, 2.05) is 0 Å². The Morgan fingerprint density at radius 1 is 0.580 bits per heavy atom. The van der Waals surface area contributed by atoms with Crippen molar-refractivity contribution in [3.63, 3.8) is 0 Å². The third-order valence-electron chi connectivity index (χ3n) is 9.05. The highest BCUT2D eigenvalue weighted by Gasteiger charge is 2.24. The van der Waals surface area contributed by atoms with E-state index < -0.39 is 41.4 Å². The van der Waals surface area contributed by atoms with Crippen LogP contribution in [0.15, 0.2) is 6.07 Å². The maximum Gasteiger partial charge on any atom is 0.313 e. The number of halogens is 4. The lowest BCUT2D eigenvalue weighted by Gasteiger charge is -2.29. The fourth-order valence-corrected chi connectivity index (χ4v) is 6.09. The molecule has 1 saturated carbocycles. The van der Waals surface area contributed by atoms with E-state index in [-0.39, 0.29) is 62.8 Å². The van der Waals surface area contributed by atoms with E-state index in [0.717, 1.165) is 38.5 Å². The van der Waals surface area contributed by atoms with E-state index in [4.69, 9.17) is 9.47 Å². The largest absolute Gasteiger partial charge is 0.420 e. The van der Waals surface area contributed by atoms with Gasteiger partial charge in [-0.1, -0.05) is 96.8 Å². The molecule has 0 aliphatic heterocycles. The van der Waals surface area contributed by atoms with E-state index in [9.17, 15) is 31.9 Å². The molecular formula is C38H60F4N2O6. The van der Waals surface area contributed by atoms with Crippen molar-refractivity contribution in [2.24, 2.45) is 0 Å². The van der Waals surface area contributed by atoms with Gasteiger partial charge in [0.2, 0.25) is 29.2 Å². The Morgan fingerprint density at radius 3 is 1.44 bits per heavy atom. The average molecular weight is 717 g/mol. The number of hydrogen-bond donors (Lipinski definition) is 2. The molecule has 0 spiro atoms. The van der Waals surface area contributed by atoms with Crippen LogP contribution in [0.2, 0.25) is 0 Å². The smallest absolute Gasteiger partial charge is 0.313 e. The number of benzene rings is 1. The highest BCUT2D eigenvalue weighted by molar-refractivity contribution is 5.77. The molecule has 12 heteroatoms. The monoisotopic (exact) mass is 716 g/mol. The van der Waals surface area contributed by atoms with Crippen LogP contribution >= 0.6 is 0 Å². The quantitative estimate of drug-likeness (QED) is 0.0296. The Kier molecular flexibility index (Phi) is 23.4. The van der Waals surface area contributed by atoms with Gasteiger partial charge in [-0.25, -0.2) is 8.78 Å². The minimum absolute atomic E-state index is 0.0183. The van der Waals surface area contributed by atoms with Crippen LogP contribution in [-0.4, -0.2) is 56.3 Å². The number of rotatable bonds is 28. The molecule has 0 aromatic heterocycles. The van der Waals surface area contributed by atoms with E-state index in [2.05, 4.69) is 22.3 Å². The van der Waals surface area contributed by atoms with Gasteiger partial charge >= 0.3 is 5.97 Å². The van der Waals surface area contributed by atoms with Crippen LogP contribution < -0.4 is 15.4 Å². The zero-order valence-corrected chi connectivity index (χ0v) is 30.1. The van der Waals surface area contributed by atoms with Crippen molar-refractivity contribution in [2.75, 3.05) is 26.4 Å². The van der Waals surface area contributed by atoms with Crippen LogP contribution in [0.5, 0.6) is 5.75 Å². The van der Waals surface area contributed by atoms with E-state index in [1.165, 1.54) is 83.5 Å². The summed E-state index contributed by atoms with van der Waals surface area (Å²) in [7, 11) is 0. The number of amides is 2. The molecule has 0 radical (unpaired) electrons. The Balaban J connectivity index is 1.37. The summed E-state index contributed by atoms with van der Waals surface area (Å²) in [6.45, 7) is 2.49. The van der Waals surface area contributed by atoms with Crippen molar-refractivity contribution in [2.45, 2.75) is 160 Å². The zero-order valence-electron chi connectivity index (χ0n) is 30.1. The molecular weight excluding hydrogens is 656 g/mol. The lowest BCUT2D eigenvalue weighted by molar-refractivity contribution is -0.136. The van der Waals surface area contributed by atoms with Crippen molar-refractivity contribution >= 4 is 17.8 Å². The van der Waals surface area contributed by atoms with Gasteiger partial charge in [0, 0.05) is 31.0 Å². The highest BCUT2D eigenvalue weighted by Crippen LogP contribution is 2.27. The molecule has 1 aromatic rings. The number of nitrogens with one attached hydrogen (secondary N) is 2. The average Bonchev–Trinajstić information content (AvgIpc) is 3.09. The van der Waals surface area contributed by atoms with E-state index in [1.54, 1.807) is 0 Å². The molecule has 2 N–H and O–H groups in total. The first-order valence-electron chi connectivity index (χ1n) is 19.0. The van der Waals surface area contributed by atoms with Crippen LogP contribution in [0.4, 0.5) is 17.6 Å². The summed E-state index contributed by atoms with van der Waals surface area (Å²) in [5.74, 6) is -9.52. The Hall–Kier alpha value is -2.73. The predicted molar refractivity (Wildman–Crippen MR) is 185 cm³/mol. The molecule has 0 atom stereocenters. The number of ether oxygens (including phenoxy) is 3. The molecule has 0 bridgehead atoms. The number of esters is 1. The first-order valence-corrected chi connectivity index (χ1v) is 19.0. The summed E-state index contributed by atoms with van der Waals surface area (Å²) in [5.41, 5.74) is 0. The number of unbranched alkanes of at least 4 members (excludes halogenated alkanes) is 14. The molecule has 0 unspecified atom stereocenters. The second-order valence-corrected chi connectivity index (χ2v) is 13.4. The minimum Gasteiger partial charge on any atom is -0.420 e. The van der Waals surface area contributed by atoms with Crippen LogP contribution in [0.25, 0.3) is 0 Å². The summed E-state index contributed by atoms with van der Waals surface area (Å²) in [6, 6.07) is 0.244. The summed E-state index contributed by atoms with van der Waals surface area (Å²) in [5, 5.41) is 6.18. The first kappa shape index (κ1) is 43.4. The fraction of sp³-hybridized carbons (Fsp3) is 0.763. The molecule has 286 valence electrons. The lowest BCUT2D eigenvalue weighted by Crippen LogP contribution is -2.43. The van der Waals surface area contributed by atoms with Crippen molar-refractivity contribution in [3.8, 4) is 5.75 Å². The normalized spacial score (nSPS) is 15.9. The summed E-state index contributed by atoms with van der Waals surface area (Å²) >= 11 is 0. The van der Waals surface area contributed by atoms with Gasteiger partial charge in [0.1, 0.15) is 0 Å². The number of carbonyl (C=O) groups excluding carboxylic acids is 3. The minimum atomic E-state index is -1.80. The summed E-state index contributed by atoms with van der Waals surface area (Å²) < 4.78 is 68.5. The van der Waals surface area contributed by atoms with Crippen molar-refractivity contribution in [1.82, 2.24) is 10.6 Å². The van der Waals surface area contributed by atoms with Crippen molar-refractivity contribution in [3.05, 3.63) is 29.3 Å². The number of carbonyl (C=O) groups is 3. The van der Waals surface area contributed by atoms with Crippen LogP contribution in [-0.2, 0) is 23.9 Å². The van der Waals surface area contributed by atoms with Gasteiger partial charge in [0.15, 0.2) is 11.6 Å². The Labute approximate surface area is 296 Å². The first-order chi connectivity index (χ1) is 24.2. The zero-order chi connectivity index (χ0) is 36.4. The van der Waals surface area contributed by atoms with Crippen molar-refractivity contribution < 1.29 is 46.2 Å². The topological polar surface area (TPSA) is 103 Å². The Bertz CT molecular complexity index is 1090.